The van der Waals surface area contributed by atoms with Gasteiger partial charge >= 0.3 is 0 Å². The second-order valence-corrected chi connectivity index (χ2v) is 4.72. The van der Waals surface area contributed by atoms with Gasteiger partial charge in [-0.15, -0.1) is 0 Å². The van der Waals surface area contributed by atoms with E-state index >= 15 is 0 Å². The van der Waals surface area contributed by atoms with E-state index < -0.39 is 11.6 Å². The molecule has 0 saturated heterocycles. The molecule has 2 N–H and O–H groups in total. The SMILES string of the molecule is C[C@H](N)c1ccc(F)cc1OCc1cc(F)cc(C#N)c1. The molecule has 0 bridgehead atoms. The molecule has 0 radical (unpaired) electrons. The van der Waals surface area contributed by atoms with Gasteiger partial charge in [0.25, 0.3) is 0 Å². The molecule has 1 atom stereocenters. The molecule has 0 aliphatic rings. The summed E-state index contributed by atoms with van der Waals surface area (Å²) >= 11 is 0. The standard InChI is InChI=1S/C16H14F2N2O/c1-10(20)15-3-2-13(17)7-16(15)21-9-12-4-11(8-19)5-14(18)6-12/h2-7,10H,9,20H2,1H3/t10-/m0/s1. The van der Waals surface area contributed by atoms with Gasteiger partial charge in [-0.3, -0.25) is 0 Å². The molecule has 0 aliphatic carbocycles. The summed E-state index contributed by atoms with van der Waals surface area (Å²) < 4.78 is 32.1. The minimum absolute atomic E-state index is 0.0234. The Morgan fingerprint density at radius 2 is 1.95 bits per heavy atom. The molecule has 2 rings (SSSR count). The highest BCUT2D eigenvalue weighted by Gasteiger charge is 2.10. The van der Waals surface area contributed by atoms with E-state index in [-0.39, 0.29) is 18.2 Å². The van der Waals surface area contributed by atoms with E-state index in [4.69, 9.17) is 15.7 Å². The van der Waals surface area contributed by atoms with Crippen molar-refractivity contribution in [3.8, 4) is 11.8 Å². The maximum atomic E-state index is 13.3. The molecule has 0 spiro atoms. The van der Waals surface area contributed by atoms with Crippen molar-refractivity contribution in [2.75, 3.05) is 0 Å². The first kappa shape index (κ1) is 14.9. The molecule has 3 nitrogen and oxygen atoms in total. The van der Waals surface area contributed by atoms with Crippen LogP contribution in [-0.4, -0.2) is 0 Å². The van der Waals surface area contributed by atoms with Gasteiger partial charge < -0.3 is 10.5 Å². The smallest absolute Gasteiger partial charge is 0.127 e. The third-order valence-electron chi connectivity index (χ3n) is 2.95. The van der Waals surface area contributed by atoms with Crippen LogP contribution in [0, 0.1) is 23.0 Å². The van der Waals surface area contributed by atoms with Crippen LogP contribution in [0.25, 0.3) is 0 Å². The number of ether oxygens (including phenoxy) is 1. The van der Waals surface area contributed by atoms with Crippen LogP contribution in [0.1, 0.15) is 29.7 Å². The Balaban J connectivity index is 2.22. The summed E-state index contributed by atoms with van der Waals surface area (Å²) in [6, 6.07) is 9.59. The van der Waals surface area contributed by atoms with Crippen LogP contribution in [-0.2, 0) is 6.61 Å². The number of nitrogens with zero attached hydrogens (tertiary/aromatic N) is 1. The zero-order chi connectivity index (χ0) is 15.4. The largest absolute Gasteiger partial charge is 0.488 e. The lowest BCUT2D eigenvalue weighted by Crippen LogP contribution is -2.08. The first-order valence-corrected chi connectivity index (χ1v) is 6.37. The van der Waals surface area contributed by atoms with Crippen LogP contribution < -0.4 is 10.5 Å². The van der Waals surface area contributed by atoms with Crippen molar-refractivity contribution in [1.82, 2.24) is 0 Å². The predicted octanol–water partition coefficient (Wildman–Crippen LogP) is 3.44. The third kappa shape index (κ3) is 3.77. The maximum Gasteiger partial charge on any atom is 0.127 e. The van der Waals surface area contributed by atoms with Crippen LogP contribution in [0.15, 0.2) is 36.4 Å². The molecule has 0 saturated carbocycles. The van der Waals surface area contributed by atoms with E-state index in [1.807, 2.05) is 6.07 Å². The highest BCUT2D eigenvalue weighted by Crippen LogP contribution is 2.26. The van der Waals surface area contributed by atoms with E-state index in [1.54, 1.807) is 13.0 Å². The van der Waals surface area contributed by atoms with Gasteiger partial charge in [0.1, 0.15) is 24.0 Å². The van der Waals surface area contributed by atoms with E-state index in [0.29, 0.717) is 16.9 Å². The molecular weight excluding hydrogens is 274 g/mol. The summed E-state index contributed by atoms with van der Waals surface area (Å²) in [4.78, 5) is 0. The minimum Gasteiger partial charge on any atom is -0.488 e. The lowest BCUT2D eigenvalue weighted by atomic mass is 10.1. The van der Waals surface area contributed by atoms with Crippen molar-refractivity contribution in [3.05, 3.63) is 64.7 Å². The number of benzene rings is 2. The lowest BCUT2D eigenvalue weighted by Gasteiger charge is -2.14. The second kappa shape index (κ2) is 6.33. The molecule has 2 aromatic carbocycles. The molecule has 0 fully saturated rings. The van der Waals surface area contributed by atoms with Gasteiger partial charge in [0.2, 0.25) is 0 Å². The van der Waals surface area contributed by atoms with E-state index in [9.17, 15) is 8.78 Å². The molecule has 21 heavy (non-hydrogen) atoms. The molecular formula is C16H14F2N2O. The van der Waals surface area contributed by atoms with Crippen LogP contribution in [0.2, 0.25) is 0 Å². The van der Waals surface area contributed by atoms with Crippen LogP contribution in [0.4, 0.5) is 8.78 Å². The van der Waals surface area contributed by atoms with Gasteiger partial charge in [0, 0.05) is 17.7 Å². The summed E-state index contributed by atoms with van der Waals surface area (Å²) in [6.45, 7) is 1.78. The topological polar surface area (TPSA) is 59.0 Å². The van der Waals surface area contributed by atoms with Gasteiger partial charge in [0.15, 0.2) is 0 Å². The van der Waals surface area contributed by atoms with Crippen LogP contribution >= 0.6 is 0 Å². The zero-order valence-electron chi connectivity index (χ0n) is 11.4. The third-order valence-corrected chi connectivity index (χ3v) is 2.95. The molecule has 0 unspecified atom stereocenters. The van der Waals surface area contributed by atoms with E-state index in [1.165, 1.54) is 24.3 Å². The van der Waals surface area contributed by atoms with Gasteiger partial charge in [-0.1, -0.05) is 6.07 Å². The summed E-state index contributed by atoms with van der Waals surface area (Å²) in [7, 11) is 0. The molecule has 2 aromatic rings. The normalized spacial score (nSPS) is 11.8. The van der Waals surface area contributed by atoms with Crippen molar-refractivity contribution < 1.29 is 13.5 Å². The molecule has 5 heteroatoms. The fraction of sp³-hybridized carbons (Fsp3) is 0.188. The van der Waals surface area contributed by atoms with Gasteiger partial charge in [-0.25, -0.2) is 8.78 Å². The molecule has 0 heterocycles. The lowest BCUT2D eigenvalue weighted by molar-refractivity contribution is 0.299. The minimum atomic E-state index is -0.515. The number of hydrogen-bond donors (Lipinski definition) is 1. The zero-order valence-corrected chi connectivity index (χ0v) is 11.4. The summed E-state index contributed by atoms with van der Waals surface area (Å²) in [5, 5.41) is 8.80. The average Bonchev–Trinajstić information content (AvgIpc) is 2.44. The van der Waals surface area contributed by atoms with Crippen molar-refractivity contribution >= 4 is 0 Å². The average molecular weight is 288 g/mol. The van der Waals surface area contributed by atoms with E-state index in [0.717, 1.165) is 6.07 Å². The Morgan fingerprint density at radius 1 is 1.19 bits per heavy atom. The Morgan fingerprint density at radius 3 is 2.62 bits per heavy atom. The highest BCUT2D eigenvalue weighted by atomic mass is 19.1. The maximum absolute atomic E-state index is 13.3. The van der Waals surface area contributed by atoms with E-state index in [2.05, 4.69) is 0 Å². The monoisotopic (exact) mass is 288 g/mol. The fourth-order valence-electron chi connectivity index (χ4n) is 1.97. The van der Waals surface area contributed by atoms with Gasteiger partial charge in [-0.2, -0.15) is 5.26 Å². The Labute approximate surface area is 121 Å². The number of nitriles is 1. The predicted molar refractivity (Wildman–Crippen MR) is 74.4 cm³/mol. The Hall–Kier alpha value is -2.45. The first-order valence-electron chi connectivity index (χ1n) is 6.37. The molecule has 0 aliphatic heterocycles. The van der Waals surface area contributed by atoms with Crippen LogP contribution in [0.3, 0.4) is 0 Å². The van der Waals surface area contributed by atoms with Gasteiger partial charge in [-0.05, 0) is 36.8 Å². The van der Waals surface area contributed by atoms with Crippen molar-refractivity contribution in [3.63, 3.8) is 0 Å². The van der Waals surface area contributed by atoms with Crippen LogP contribution in [0.5, 0.6) is 5.75 Å². The van der Waals surface area contributed by atoms with Crippen molar-refractivity contribution in [2.24, 2.45) is 5.73 Å². The second-order valence-electron chi connectivity index (χ2n) is 4.72. The number of rotatable bonds is 4. The Bertz CT molecular complexity index is 693. The quantitative estimate of drug-likeness (QED) is 0.937. The number of nitrogens with two attached hydrogens (primary N) is 1. The molecule has 0 aromatic heterocycles. The highest BCUT2D eigenvalue weighted by molar-refractivity contribution is 5.37. The van der Waals surface area contributed by atoms with Crippen molar-refractivity contribution in [1.29, 1.82) is 5.26 Å². The molecule has 108 valence electrons. The first-order chi connectivity index (χ1) is 9.99. The summed E-state index contributed by atoms with van der Waals surface area (Å²) in [5.41, 5.74) is 7.16. The summed E-state index contributed by atoms with van der Waals surface area (Å²) in [6.07, 6.45) is 0. The fourth-order valence-corrected chi connectivity index (χ4v) is 1.97. The molecule has 0 amide bonds. The Kier molecular flexibility index (Phi) is 4.51. The van der Waals surface area contributed by atoms with Gasteiger partial charge in [0.05, 0.1) is 11.6 Å². The van der Waals surface area contributed by atoms with Crippen molar-refractivity contribution in [2.45, 2.75) is 19.6 Å². The summed E-state index contributed by atoms with van der Waals surface area (Å²) in [5.74, 6) is -0.640. The number of halogens is 2. The number of hydrogen-bond acceptors (Lipinski definition) is 3.